The maximum Gasteiger partial charge on any atom is 0.263 e. The number of carbonyl (C=O) groups is 2. The molecule has 6 heteroatoms. The van der Waals surface area contributed by atoms with Crippen LogP contribution in [0.15, 0.2) is 24.3 Å². The van der Waals surface area contributed by atoms with Gasteiger partial charge < -0.3 is 10.2 Å². The molecule has 1 aliphatic carbocycles. The highest BCUT2D eigenvalue weighted by atomic mass is 32.1. The molecule has 0 unspecified atom stereocenters. The molecule has 1 aromatic carbocycles. The average molecular weight is 386 g/mol. The first-order chi connectivity index (χ1) is 13.0. The number of hydrogen-bond acceptors (Lipinski definition) is 3. The summed E-state index contributed by atoms with van der Waals surface area (Å²) in [4.78, 5) is 29.2. The summed E-state index contributed by atoms with van der Waals surface area (Å²) in [6.07, 6.45) is 4.37. The zero-order valence-corrected chi connectivity index (χ0v) is 16.2. The summed E-state index contributed by atoms with van der Waals surface area (Å²) in [5, 5.41) is 2.88. The lowest BCUT2D eigenvalue weighted by atomic mass is 9.87. The normalized spacial score (nSPS) is 19.0. The lowest BCUT2D eigenvalue weighted by molar-refractivity contribution is -0.120. The minimum absolute atomic E-state index is 0.0760. The van der Waals surface area contributed by atoms with E-state index in [1.54, 1.807) is 30.4 Å². The Hall–Kier alpha value is -2.21. The van der Waals surface area contributed by atoms with Crippen molar-refractivity contribution in [3.8, 4) is 0 Å². The van der Waals surface area contributed by atoms with Gasteiger partial charge in [0.2, 0.25) is 5.91 Å². The highest BCUT2D eigenvalue weighted by molar-refractivity contribution is 7.14. The molecule has 142 valence electrons. The molecule has 1 aromatic heterocycles. The van der Waals surface area contributed by atoms with Crippen LogP contribution in [0.4, 0.5) is 10.1 Å². The summed E-state index contributed by atoms with van der Waals surface area (Å²) in [5.74, 6) is -0.414. The third kappa shape index (κ3) is 3.63. The molecule has 2 amide bonds. The van der Waals surface area contributed by atoms with Crippen molar-refractivity contribution in [2.24, 2.45) is 5.92 Å². The van der Waals surface area contributed by atoms with E-state index in [-0.39, 0.29) is 23.5 Å². The Labute approximate surface area is 162 Å². The molecule has 1 atom stereocenters. The molecule has 0 saturated carbocycles. The van der Waals surface area contributed by atoms with Crippen molar-refractivity contribution in [3.05, 3.63) is 51.0 Å². The summed E-state index contributed by atoms with van der Waals surface area (Å²) in [5.41, 5.74) is 2.10. The Morgan fingerprint density at radius 2 is 2.04 bits per heavy atom. The first kappa shape index (κ1) is 18.2. The number of amides is 2. The molecular formula is C21H23FN2O2S. The fraction of sp³-hybridized carbons (Fsp3) is 0.429. The van der Waals surface area contributed by atoms with Crippen molar-refractivity contribution in [2.45, 2.75) is 39.0 Å². The Morgan fingerprint density at radius 1 is 1.26 bits per heavy atom. The number of rotatable bonds is 3. The van der Waals surface area contributed by atoms with E-state index in [0.717, 1.165) is 49.2 Å². The van der Waals surface area contributed by atoms with Crippen LogP contribution >= 0.6 is 11.3 Å². The van der Waals surface area contributed by atoms with E-state index in [2.05, 4.69) is 5.32 Å². The van der Waals surface area contributed by atoms with Crippen LogP contribution in [0, 0.1) is 18.7 Å². The molecular weight excluding hydrogens is 363 g/mol. The number of nitrogens with one attached hydrogen (secondary N) is 1. The number of thiophene rings is 1. The second kappa shape index (κ2) is 7.43. The van der Waals surface area contributed by atoms with Gasteiger partial charge in [0.05, 0.1) is 4.88 Å². The highest BCUT2D eigenvalue weighted by Gasteiger charge is 2.29. The number of hydrogen-bond donors (Lipinski definition) is 1. The Kier molecular flexibility index (Phi) is 5.00. The smallest absolute Gasteiger partial charge is 0.263 e. The van der Waals surface area contributed by atoms with Gasteiger partial charge in [-0.3, -0.25) is 9.59 Å². The second-order valence-electron chi connectivity index (χ2n) is 7.40. The maximum atomic E-state index is 13.7. The van der Waals surface area contributed by atoms with Crippen LogP contribution in [0.1, 0.15) is 44.9 Å². The van der Waals surface area contributed by atoms with E-state index in [1.807, 2.05) is 11.0 Å². The van der Waals surface area contributed by atoms with Crippen molar-refractivity contribution in [1.29, 1.82) is 0 Å². The number of anilines is 1. The van der Waals surface area contributed by atoms with Gasteiger partial charge in [0.15, 0.2) is 0 Å². The average Bonchev–Trinajstić information content (AvgIpc) is 3.33. The fourth-order valence-electron chi connectivity index (χ4n) is 3.91. The summed E-state index contributed by atoms with van der Waals surface area (Å²) < 4.78 is 13.7. The van der Waals surface area contributed by atoms with Gasteiger partial charge in [0, 0.05) is 35.1 Å². The van der Waals surface area contributed by atoms with E-state index >= 15 is 0 Å². The molecule has 4 rings (SSSR count). The van der Waals surface area contributed by atoms with Crippen LogP contribution in [-0.2, 0) is 17.6 Å². The van der Waals surface area contributed by atoms with Gasteiger partial charge in [-0.05, 0) is 62.8 Å². The Balaban J connectivity index is 1.45. The zero-order valence-electron chi connectivity index (χ0n) is 15.4. The number of nitrogens with zero attached hydrogens (tertiary/aromatic N) is 1. The number of fused-ring (bicyclic) bond motifs is 1. The van der Waals surface area contributed by atoms with E-state index in [1.165, 1.54) is 10.9 Å². The third-order valence-electron chi connectivity index (χ3n) is 5.58. The van der Waals surface area contributed by atoms with E-state index in [0.29, 0.717) is 17.7 Å². The number of aryl methyl sites for hydroxylation is 1. The molecule has 1 aliphatic heterocycles. The minimum Gasteiger partial charge on any atom is -0.338 e. The van der Waals surface area contributed by atoms with Crippen LogP contribution in [0.5, 0.6) is 0 Å². The van der Waals surface area contributed by atoms with Crippen LogP contribution in [0.3, 0.4) is 0 Å². The molecule has 0 radical (unpaired) electrons. The predicted molar refractivity (Wildman–Crippen MR) is 105 cm³/mol. The molecule has 27 heavy (non-hydrogen) atoms. The quantitative estimate of drug-likeness (QED) is 0.860. The second-order valence-corrected chi connectivity index (χ2v) is 8.54. The molecule has 0 spiro atoms. The molecule has 4 nitrogen and oxygen atoms in total. The lowest BCUT2D eigenvalue weighted by Gasteiger charge is -2.21. The monoisotopic (exact) mass is 386 g/mol. The maximum absolute atomic E-state index is 13.7. The van der Waals surface area contributed by atoms with E-state index in [9.17, 15) is 14.0 Å². The Morgan fingerprint density at radius 3 is 2.81 bits per heavy atom. The lowest BCUT2D eigenvalue weighted by Crippen LogP contribution is -2.28. The fourth-order valence-corrected chi connectivity index (χ4v) is 5.08. The molecule has 1 fully saturated rings. The van der Waals surface area contributed by atoms with Gasteiger partial charge in [-0.15, -0.1) is 11.3 Å². The largest absolute Gasteiger partial charge is 0.338 e. The van der Waals surface area contributed by atoms with Crippen molar-refractivity contribution in [2.75, 3.05) is 18.4 Å². The summed E-state index contributed by atoms with van der Waals surface area (Å²) in [6, 6.07) is 6.70. The number of benzene rings is 1. The summed E-state index contributed by atoms with van der Waals surface area (Å²) in [6.45, 7) is 3.36. The standard InChI is InChI=1S/C21H23FN2O2S/c1-13-16(22)5-4-6-17(13)23-20(25)14-7-8-18-15(11-14)12-19(27-18)21(26)24-9-2-3-10-24/h4-6,12,14H,2-3,7-11H2,1H3,(H,23,25)/t14-/m0/s1. The van der Waals surface area contributed by atoms with Gasteiger partial charge in [0.1, 0.15) is 5.82 Å². The highest BCUT2D eigenvalue weighted by Crippen LogP contribution is 2.34. The predicted octanol–water partition coefficient (Wildman–Crippen LogP) is 4.18. The number of halogens is 1. The van der Waals surface area contributed by atoms with E-state index < -0.39 is 0 Å². The molecule has 2 heterocycles. The summed E-state index contributed by atoms with van der Waals surface area (Å²) in [7, 11) is 0. The topological polar surface area (TPSA) is 49.4 Å². The van der Waals surface area contributed by atoms with E-state index in [4.69, 9.17) is 0 Å². The summed E-state index contributed by atoms with van der Waals surface area (Å²) >= 11 is 1.58. The SMILES string of the molecule is Cc1c(F)cccc1NC(=O)[C@H]1CCc2sc(C(=O)N3CCCC3)cc2C1. The first-order valence-corrected chi connectivity index (χ1v) is 10.3. The van der Waals surface area contributed by atoms with Crippen molar-refractivity contribution in [1.82, 2.24) is 4.90 Å². The molecule has 1 saturated heterocycles. The number of carbonyl (C=O) groups excluding carboxylic acids is 2. The molecule has 0 bridgehead atoms. The number of likely N-dealkylation sites (tertiary alicyclic amines) is 1. The van der Waals surface area contributed by atoms with Crippen molar-refractivity contribution in [3.63, 3.8) is 0 Å². The van der Waals surface area contributed by atoms with Gasteiger partial charge in [-0.1, -0.05) is 6.07 Å². The zero-order chi connectivity index (χ0) is 19.0. The van der Waals surface area contributed by atoms with Crippen molar-refractivity contribution < 1.29 is 14.0 Å². The van der Waals surface area contributed by atoms with Gasteiger partial charge >= 0.3 is 0 Å². The first-order valence-electron chi connectivity index (χ1n) is 9.50. The Bertz CT molecular complexity index is 886. The van der Waals surface area contributed by atoms with Gasteiger partial charge in [-0.2, -0.15) is 0 Å². The molecule has 2 aliphatic rings. The molecule has 1 N–H and O–H groups in total. The minimum atomic E-state index is -0.318. The third-order valence-corrected chi connectivity index (χ3v) is 6.81. The van der Waals surface area contributed by atoms with Crippen LogP contribution in [-0.4, -0.2) is 29.8 Å². The van der Waals surface area contributed by atoms with Gasteiger partial charge in [0.25, 0.3) is 5.91 Å². The van der Waals surface area contributed by atoms with Gasteiger partial charge in [-0.25, -0.2) is 4.39 Å². The van der Waals surface area contributed by atoms with Crippen LogP contribution in [0.25, 0.3) is 0 Å². The van der Waals surface area contributed by atoms with Crippen molar-refractivity contribution >= 4 is 28.8 Å². The van der Waals surface area contributed by atoms with Crippen LogP contribution in [0.2, 0.25) is 0 Å². The van der Waals surface area contributed by atoms with Crippen LogP contribution < -0.4 is 5.32 Å². The molecule has 2 aromatic rings.